The van der Waals surface area contributed by atoms with Gasteiger partial charge < -0.3 is 19.9 Å². The lowest BCUT2D eigenvalue weighted by atomic mass is 10.0. The number of nitrogens with one attached hydrogen (secondary N) is 1. The molecule has 1 amide bonds. The number of carbonyl (C=O) groups excluding carboxylic acids is 1. The molecule has 2 saturated carbocycles. The summed E-state index contributed by atoms with van der Waals surface area (Å²) in [6.45, 7) is 0. The molecule has 2 N–H and O–H groups in total. The van der Waals surface area contributed by atoms with E-state index in [1.54, 1.807) is 26.4 Å². The third-order valence-corrected chi connectivity index (χ3v) is 4.15. The molecule has 0 spiro atoms. The third-order valence-electron chi connectivity index (χ3n) is 4.15. The highest BCUT2D eigenvalue weighted by Gasteiger charge is 2.35. The summed E-state index contributed by atoms with van der Waals surface area (Å²) >= 11 is 0. The Kier molecular flexibility index (Phi) is 3.76. The van der Waals surface area contributed by atoms with Crippen LogP contribution in [0.4, 0.5) is 5.69 Å². The minimum Gasteiger partial charge on any atom is -0.493 e. The van der Waals surface area contributed by atoms with Gasteiger partial charge in [-0.15, -0.1) is 0 Å². The van der Waals surface area contributed by atoms with Crippen molar-refractivity contribution in [2.75, 3.05) is 19.5 Å². The smallest absolute Gasteiger partial charge is 0.227 e. The van der Waals surface area contributed by atoms with Crippen LogP contribution in [0.1, 0.15) is 37.4 Å². The van der Waals surface area contributed by atoms with Gasteiger partial charge in [-0.3, -0.25) is 4.79 Å². The van der Waals surface area contributed by atoms with Gasteiger partial charge >= 0.3 is 0 Å². The lowest BCUT2D eigenvalue weighted by Gasteiger charge is -2.19. The molecule has 1 aromatic carbocycles. The molecule has 1 aromatic rings. The molecule has 0 heterocycles. The zero-order chi connectivity index (χ0) is 15.0. The maximum absolute atomic E-state index is 12.0. The molecular weight excluding hydrogens is 270 g/mol. The minimum absolute atomic E-state index is 0.0199. The van der Waals surface area contributed by atoms with E-state index in [0.717, 1.165) is 25.7 Å². The third kappa shape index (κ3) is 2.97. The maximum Gasteiger partial charge on any atom is 0.227 e. The van der Waals surface area contributed by atoms with Crippen LogP contribution in [0.15, 0.2) is 12.1 Å². The molecule has 5 nitrogen and oxygen atoms in total. The number of aliphatic hydroxyl groups excluding tert-OH is 1. The van der Waals surface area contributed by atoms with Crippen LogP contribution in [-0.4, -0.2) is 25.2 Å². The summed E-state index contributed by atoms with van der Waals surface area (Å²) in [4.78, 5) is 12.0. The number of aliphatic hydroxyl groups is 1. The second kappa shape index (κ2) is 5.56. The number of rotatable bonds is 6. The molecule has 2 fully saturated rings. The van der Waals surface area contributed by atoms with Crippen molar-refractivity contribution in [1.82, 2.24) is 0 Å². The SMILES string of the molecule is COc1cc(NC(=O)C2CC2)c(C(O)C2CC2)cc1OC. The van der Waals surface area contributed by atoms with Gasteiger partial charge in [0.2, 0.25) is 5.91 Å². The summed E-state index contributed by atoms with van der Waals surface area (Å²) in [6.07, 6.45) is 3.36. The number of carbonyl (C=O) groups is 1. The van der Waals surface area contributed by atoms with Crippen molar-refractivity contribution in [3.63, 3.8) is 0 Å². The van der Waals surface area contributed by atoms with E-state index in [-0.39, 0.29) is 17.7 Å². The molecule has 21 heavy (non-hydrogen) atoms. The number of methoxy groups -OCH3 is 2. The Morgan fingerprint density at radius 2 is 1.81 bits per heavy atom. The first-order chi connectivity index (χ1) is 10.1. The molecule has 0 saturated heterocycles. The molecule has 1 unspecified atom stereocenters. The van der Waals surface area contributed by atoms with E-state index in [1.807, 2.05) is 0 Å². The fourth-order valence-electron chi connectivity index (χ4n) is 2.49. The summed E-state index contributed by atoms with van der Waals surface area (Å²) in [5.41, 5.74) is 1.34. The van der Waals surface area contributed by atoms with Crippen molar-refractivity contribution in [3.8, 4) is 11.5 Å². The van der Waals surface area contributed by atoms with Crippen LogP contribution in [0, 0.1) is 11.8 Å². The number of benzene rings is 1. The minimum atomic E-state index is -0.570. The van der Waals surface area contributed by atoms with E-state index in [9.17, 15) is 9.90 Å². The van der Waals surface area contributed by atoms with Crippen molar-refractivity contribution >= 4 is 11.6 Å². The highest BCUT2D eigenvalue weighted by atomic mass is 16.5. The molecule has 2 aliphatic rings. The second-order valence-electron chi connectivity index (χ2n) is 5.84. The summed E-state index contributed by atoms with van der Waals surface area (Å²) in [6, 6.07) is 3.50. The molecule has 0 bridgehead atoms. The van der Waals surface area contributed by atoms with Gasteiger partial charge in [-0.1, -0.05) is 0 Å². The number of hydrogen-bond acceptors (Lipinski definition) is 4. The van der Waals surface area contributed by atoms with E-state index >= 15 is 0 Å². The van der Waals surface area contributed by atoms with E-state index < -0.39 is 6.10 Å². The summed E-state index contributed by atoms with van der Waals surface area (Å²) in [7, 11) is 3.12. The average Bonchev–Trinajstić information content (AvgIpc) is 3.37. The number of anilines is 1. The Hall–Kier alpha value is -1.75. The van der Waals surface area contributed by atoms with Crippen LogP contribution in [0.2, 0.25) is 0 Å². The van der Waals surface area contributed by atoms with Crippen LogP contribution in [-0.2, 0) is 4.79 Å². The first kappa shape index (κ1) is 14.2. The maximum atomic E-state index is 12.0. The monoisotopic (exact) mass is 291 g/mol. The lowest BCUT2D eigenvalue weighted by Crippen LogP contribution is -2.16. The van der Waals surface area contributed by atoms with Gasteiger partial charge in [0, 0.05) is 17.5 Å². The highest BCUT2D eigenvalue weighted by Crippen LogP contribution is 2.46. The summed E-state index contributed by atoms with van der Waals surface area (Å²) in [5.74, 6) is 1.53. The first-order valence-corrected chi connectivity index (χ1v) is 7.39. The van der Waals surface area contributed by atoms with E-state index in [4.69, 9.17) is 9.47 Å². The fraction of sp³-hybridized carbons (Fsp3) is 0.562. The lowest BCUT2D eigenvalue weighted by molar-refractivity contribution is -0.117. The zero-order valence-electron chi connectivity index (χ0n) is 12.4. The van der Waals surface area contributed by atoms with Gasteiger partial charge in [0.05, 0.1) is 26.0 Å². The molecular formula is C16H21NO4. The normalized spacial score (nSPS) is 19.0. The van der Waals surface area contributed by atoms with E-state index in [0.29, 0.717) is 22.7 Å². The van der Waals surface area contributed by atoms with Crippen molar-refractivity contribution in [2.24, 2.45) is 11.8 Å². The molecule has 3 rings (SSSR count). The van der Waals surface area contributed by atoms with Gasteiger partial charge in [-0.2, -0.15) is 0 Å². The van der Waals surface area contributed by atoms with Crippen molar-refractivity contribution in [1.29, 1.82) is 0 Å². The number of hydrogen-bond donors (Lipinski definition) is 2. The van der Waals surface area contributed by atoms with E-state index in [2.05, 4.69) is 5.32 Å². The number of ether oxygens (including phenoxy) is 2. The largest absolute Gasteiger partial charge is 0.493 e. The Balaban J connectivity index is 1.94. The first-order valence-electron chi connectivity index (χ1n) is 7.39. The molecule has 5 heteroatoms. The standard InChI is InChI=1S/C16H21NO4/c1-20-13-7-11(15(18)9-3-4-9)12(8-14(13)21-2)17-16(19)10-5-6-10/h7-10,15,18H,3-6H2,1-2H3,(H,17,19). The van der Waals surface area contributed by atoms with Crippen LogP contribution < -0.4 is 14.8 Å². The van der Waals surface area contributed by atoms with Gasteiger partial charge in [-0.25, -0.2) is 0 Å². The Labute approximate surface area is 124 Å². The number of amides is 1. The quantitative estimate of drug-likeness (QED) is 0.845. The predicted octanol–water partition coefficient (Wildman–Crippen LogP) is 2.50. The average molecular weight is 291 g/mol. The van der Waals surface area contributed by atoms with Crippen molar-refractivity contribution < 1.29 is 19.4 Å². The molecule has 0 radical (unpaired) electrons. The van der Waals surface area contributed by atoms with Crippen LogP contribution >= 0.6 is 0 Å². The molecule has 0 aliphatic heterocycles. The Morgan fingerprint density at radius 3 is 2.33 bits per heavy atom. The highest BCUT2D eigenvalue weighted by molar-refractivity contribution is 5.95. The van der Waals surface area contributed by atoms with Gasteiger partial charge in [0.1, 0.15) is 0 Å². The Bertz CT molecular complexity index is 549. The molecule has 0 aromatic heterocycles. The van der Waals surface area contributed by atoms with Gasteiger partial charge in [0.15, 0.2) is 11.5 Å². The second-order valence-corrected chi connectivity index (χ2v) is 5.84. The van der Waals surface area contributed by atoms with Crippen LogP contribution in [0.25, 0.3) is 0 Å². The van der Waals surface area contributed by atoms with Crippen LogP contribution in [0.5, 0.6) is 11.5 Å². The summed E-state index contributed by atoms with van der Waals surface area (Å²) in [5, 5.41) is 13.4. The Morgan fingerprint density at radius 1 is 1.19 bits per heavy atom. The molecule has 1 atom stereocenters. The zero-order valence-corrected chi connectivity index (χ0v) is 12.4. The van der Waals surface area contributed by atoms with Gasteiger partial charge in [0.25, 0.3) is 0 Å². The van der Waals surface area contributed by atoms with Gasteiger partial charge in [-0.05, 0) is 37.7 Å². The fourth-order valence-corrected chi connectivity index (χ4v) is 2.49. The summed E-state index contributed by atoms with van der Waals surface area (Å²) < 4.78 is 10.6. The van der Waals surface area contributed by atoms with Crippen LogP contribution in [0.3, 0.4) is 0 Å². The predicted molar refractivity (Wildman–Crippen MR) is 78.6 cm³/mol. The van der Waals surface area contributed by atoms with Crippen molar-refractivity contribution in [3.05, 3.63) is 17.7 Å². The van der Waals surface area contributed by atoms with E-state index in [1.165, 1.54) is 0 Å². The van der Waals surface area contributed by atoms with Crippen molar-refractivity contribution in [2.45, 2.75) is 31.8 Å². The topological polar surface area (TPSA) is 67.8 Å². The molecule has 114 valence electrons. The molecule has 2 aliphatic carbocycles.